The molecule has 0 radical (unpaired) electrons. The number of benzene rings is 3. The Morgan fingerprint density at radius 3 is 2.29 bits per heavy atom. The molecule has 0 atom stereocenters. The van der Waals surface area contributed by atoms with Crippen molar-refractivity contribution in [2.24, 2.45) is 0 Å². The summed E-state index contributed by atoms with van der Waals surface area (Å²) in [6.07, 6.45) is 0. The number of sulfonamides is 1. The van der Waals surface area contributed by atoms with Crippen molar-refractivity contribution < 1.29 is 17.9 Å². The van der Waals surface area contributed by atoms with E-state index >= 15 is 0 Å². The van der Waals surface area contributed by atoms with Crippen LogP contribution in [0.15, 0.2) is 83.8 Å². The largest absolute Gasteiger partial charge is 0.494 e. The lowest BCUT2D eigenvalue weighted by Gasteiger charge is -2.21. The molecule has 0 aromatic heterocycles. The number of carbonyl (C=O) groups excluding carboxylic acids is 1. The first-order chi connectivity index (χ1) is 14.8. The number of anilines is 1. The van der Waals surface area contributed by atoms with Gasteiger partial charge in [-0.15, -0.1) is 0 Å². The first kappa shape index (κ1) is 22.4. The Hall–Kier alpha value is -3.32. The Bertz CT molecular complexity index is 1150. The van der Waals surface area contributed by atoms with E-state index < -0.39 is 10.0 Å². The van der Waals surface area contributed by atoms with Gasteiger partial charge >= 0.3 is 0 Å². The average molecular weight is 439 g/mol. The summed E-state index contributed by atoms with van der Waals surface area (Å²) in [4.78, 5) is 14.6. The summed E-state index contributed by atoms with van der Waals surface area (Å²) in [5.41, 5.74) is 1.73. The van der Waals surface area contributed by atoms with Gasteiger partial charge in [-0.2, -0.15) is 0 Å². The first-order valence-electron chi connectivity index (χ1n) is 9.94. The Labute approximate surface area is 183 Å². The molecule has 0 spiro atoms. The van der Waals surface area contributed by atoms with E-state index in [1.165, 1.54) is 23.5 Å². The molecule has 3 aromatic carbocycles. The van der Waals surface area contributed by atoms with E-state index in [0.29, 0.717) is 24.4 Å². The van der Waals surface area contributed by atoms with Crippen LogP contribution in [-0.2, 0) is 16.6 Å². The standard InChI is InChI=1S/C24H26N2O4S/c1-4-30-23-16-9-8-11-20(23)18-25(2)24(27)19-12-10-15-22(17-19)31(28,29)26(3)21-13-6-5-7-14-21/h5-17H,4,18H2,1-3H3. The molecular weight excluding hydrogens is 412 g/mol. The third kappa shape index (κ3) is 5.06. The lowest BCUT2D eigenvalue weighted by atomic mass is 10.1. The van der Waals surface area contributed by atoms with Crippen molar-refractivity contribution in [1.29, 1.82) is 0 Å². The highest BCUT2D eigenvalue weighted by Gasteiger charge is 2.23. The normalized spacial score (nSPS) is 11.1. The topological polar surface area (TPSA) is 66.9 Å². The van der Waals surface area contributed by atoms with Gasteiger partial charge in [-0.25, -0.2) is 8.42 Å². The minimum atomic E-state index is -3.80. The van der Waals surface area contributed by atoms with Crippen LogP contribution >= 0.6 is 0 Å². The third-order valence-corrected chi connectivity index (χ3v) is 6.67. The van der Waals surface area contributed by atoms with Crippen molar-refractivity contribution in [2.75, 3.05) is 25.0 Å². The lowest BCUT2D eigenvalue weighted by molar-refractivity contribution is 0.0783. The zero-order valence-corrected chi connectivity index (χ0v) is 18.7. The van der Waals surface area contributed by atoms with Crippen LogP contribution in [-0.4, -0.2) is 39.9 Å². The average Bonchev–Trinajstić information content (AvgIpc) is 2.80. The molecule has 0 N–H and O–H groups in total. The summed E-state index contributed by atoms with van der Waals surface area (Å²) in [7, 11) is -0.625. The monoisotopic (exact) mass is 438 g/mol. The molecular formula is C24H26N2O4S. The highest BCUT2D eigenvalue weighted by Crippen LogP contribution is 2.24. The molecule has 0 aliphatic heterocycles. The van der Waals surface area contributed by atoms with Crippen LogP contribution in [0.1, 0.15) is 22.8 Å². The number of nitrogens with zero attached hydrogens (tertiary/aromatic N) is 2. The number of amides is 1. The van der Waals surface area contributed by atoms with E-state index in [1.807, 2.05) is 37.3 Å². The highest BCUT2D eigenvalue weighted by molar-refractivity contribution is 7.92. The van der Waals surface area contributed by atoms with E-state index in [1.54, 1.807) is 48.3 Å². The molecule has 0 aliphatic carbocycles. The molecule has 0 saturated heterocycles. The zero-order valence-electron chi connectivity index (χ0n) is 17.9. The fraction of sp³-hybridized carbons (Fsp3) is 0.208. The summed E-state index contributed by atoms with van der Waals surface area (Å²) >= 11 is 0. The zero-order chi connectivity index (χ0) is 22.4. The van der Waals surface area contributed by atoms with Crippen molar-refractivity contribution in [3.05, 3.63) is 90.0 Å². The molecule has 162 valence electrons. The fourth-order valence-electron chi connectivity index (χ4n) is 3.20. The first-order valence-corrected chi connectivity index (χ1v) is 11.4. The quantitative estimate of drug-likeness (QED) is 0.529. The fourth-order valence-corrected chi connectivity index (χ4v) is 4.44. The van der Waals surface area contributed by atoms with Crippen molar-refractivity contribution in [3.8, 4) is 5.75 Å². The maximum atomic E-state index is 13.1. The molecule has 0 bridgehead atoms. The molecule has 0 aliphatic rings. The van der Waals surface area contributed by atoms with Gasteiger partial charge in [-0.3, -0.25) is 9.10 Å². The van der Waals surface area contributed by atoms with E-state index in [-0.39, 0.29) is 10.8 Å². The Morgan fingerprint density at radius 2 is 1.58 bits per heavy atom. The van der Waals surface area contributed by atoms with Gasteiger partial charge in [-0.05, 0) is 43.3 Å². The smallest absolute Gasteiger partial charge is 0.264 e. The van der Waals surface area contributed by atoms with E-state index in [2.05, 4.69) is 0 Å². The maximum absolute atomic E-state index is 13.1. The van der Waals surface area contributed by atoms with E-state index in [9.17, 15) is 13.2 Å². The second-order valence-corrected chi connectivity index (χ2v) is 9.01. The Morgan fingerprint density at radius 1 is 0.903 bits per heavy atom. The van der Waals surface area contributed by atoms with Crippen LogP contribution in [0.3, 0.4) is 0 Å². The third-order valence-electron chi connectivity index (χ3n) is 4.89. The molecule has 7 heteroatoms. The number of carbonyl (C=O) groups is 1. The minimum Gasteiger partial charge on any atom is -0.494 e. The van der Waals surface area contributed by atoms with Crippen LogP contribution in [0.4, 0.5) is 5.69 Å². The van der Waals surface area contributed by atoms with Gasteiger partial charge in [0.1, 0.15) is 5.75 Å². The summed E-state index contributed by atoms with van der Waals surface area (Å²) in [5.74, 6) is 0.455. The van der Waals surface area contributed by atoms with Gasteiger partial charge in [0.15, 0.2) is 0 Å². The molecule has 0 saturated carbocycles. The molecule has 6 nitrogen and oxygen atoms in total. The van der Waals surface area contributed by atoms with Gasteiger partial charge in [0.2, 0.25) is 0 Å². The molecule has 0 unspecified atom stereocenters. The number of para-hydroxylation sites is 2. The second-order valence-electron chi connectivity index (χ2n) is 7.04. The molecule has 0 heterocycles. The Kier molecular flexibility index (Phi) is 6.97. The second kappa shape index (κ2) is 9.66. The minimum absolute atomic E-state index is 0.0628. The SMILES string of the molecule is CCOc1ccccc1CN(C)C(=O)c1cccc(S(=O)(=O)N(C)c2ccccc2)c1. The van der Waals surface area contributed by atoms with Gasteiger partial charge < -0.3 is 9.64 Å². The molecule has 3 aromatic rings. The summed E-state index contributed by atoms with van der Waals surface area (Å²) in [6.45, 7) is 2.78. The van der Waals surface area contributed by atoms with Crippen molar-refractivity contribution >= 4 is 21.6 Å². The molecule has 1 amide bonds. The van der Waals surface area contributed by atoms with Crippen molar-refractivity contribution in [1.82, 2.24) is 4.90 Å². The predicted molar refractivity (Wildman–Crippen MR) is 122 cm³/mol. The van der Waals surface area contributed by atoms with Crippen LogP contribution < -0.4 is 9.04 Å². The number of hydrogen-bond donors (Lipinski definition) is 0. The van der Waals surface area contributed by atoms with Gasteiger partial charge in [0.25, 0.3) is 15.9 Å². The lowest BCUT2D eigenvalue weighted by Crippen LogP contribution is -2.28. The predicted octanol–water partition coefficient (Wildman–Crippen LogP) is 4.18. The molecule has 31 heavy (non-hydrogen) atoms. The number of rotatable bonds is 8. The number of ether oxygens (including phenoxy) is 1. The number of hydrogen-bond acceptors (Lipinski definition) is 4. The van der Waals surface area contributed by atoms with Crippen LogP contribution in [0, 0.1) is 0 Å². The summed E-state index contributed by atoms with van der Waals surface area (Å²) in [6, 6.07) is 22.5. The van der Waals surface area contributed by atoms with Crippen LogP contribution in [0.2, 0.25) is 0 Å². The Balaban J connectivity index is 1.83. The summed E-state index contributed by atoms with van der Waals surface area (Å²) in [5, 5.41) is 0. The molecule has 0 fully saturated rings. The van der Waals surface area contributed by atoms with Gasteiger partial charge in [0.05, 0.1) is 17.2 Å². The van der Waals surface area contributed by atoms with Gasteiger partial charge in [0, 0.05) is 31.8 Å². The highest BCUT2D eigenvalue weighted by atomic mass is 32.2. The van der Waals surface area contributed by atoms with Crippen LogP contribution in [0.25, 0.3) is 0 Å². The van der Waals surface area contributed by atoms with Crippen molar-refractivity contribution in [2.45, 2.75) is 18.4 Å². The maximum Gasteiger partial charge on any atom is 0.264 e. The van der Waals surface area contributed by atoms with Gasteiger partial charge in [-0.1, -0.05) is 42.5 Å². The van der Waals surface area contributed by atoms with Crippen LogP contribution in [0.5, 0.6) is 5.75 Å². The van der Waals surface area contributed by atoms with E-state index in [0.717, 1.165) is 11.3 Å². The molecule has 3 rings (SSSR count). The summed E-state index contributed by atoms with van der Waals surface area (Å²) < 4.78 is 33.0. The van der Waals surface area contributed by atoms with E-state index in [4.69, 9.17) is 4.74 Å². The van der Waals surface area contributed by atoms with Crippen molar-refractivity contribution in [3.63, 3.8) is 0 Å².